The Morgan fingerprint density at radius 3 is 2.80 bits per heavy atom. The molecule has 1 aromatic carbocycles. The highest BCUT2D eigenvalue weighted by molar-refractivity contribution is 7.99. The van der Waals surface area contributed by atoms with Gasteiger partial charge in [0.2, 0.25) is 0 Å². The van der Waals surface area contributed by atoms with Gasteiger partial charge in [-0.1, -0.05) is 18.2 Å². The van der Waals surface area contributed by atoms with Gasteiger partial charge in [0.05, 0.1) is 0 Å². The maximum Gasteiger partial charge on any atom is 0.0238 e. The van der Waals surface area contributed by atoms with Crippen molar-refractivity contribution in [3.63, 3.8) is 0 Å². The highest BCUT2D eigenvalue weighted by atomic mass is 32.2. The average molecular weight is 219 g/mol. The summed E-state index contributed by atoms with van der Waals surface area (Å²) in [5, 5.41) is 3.39. The Bertz CT molecular complexity index is 302. The molecular formula is C13H17NS. The van der Waals surface area contributed by atoms with E-state index in [9.17, 15) is 0 Å². The van der Waals surface area contributed by atoms with Crippen molar-refractivity contribution in [3.05, 3.63) is 30.3 Å². The van der Waals surface area contributed by atoms with Crippen molar-refractivity contribution >= 4 is 11.8 Å². The van der Waals surface area contributed by atoms with Gasteiger partial charge in [-0.15, -0.1) is 24.1 Å². The van der Waals surface area contributed by atoms with E-state index in [1.165, 1.54) is 4.90 Å². The number of hydrogen-bond donors (Lipinski definition) is 1. The van der Waals surface area contributed by atoms with Crippen molar-refractivity contribution in [2.75, 3.05) is 12.3 Å². The topological polar surface area (TPSA) is 12.0 Å². The molecule has 0 radical (unpaired) electrons. The van der Waals surface area contributed by atoms with E-state index in [1.54, 1.807) is 0 Å². The van der Waals surface area contributed by atoms with Gasteiger partial charge in [-0.2, -0.15) is 0 Å². The second kappa shape index (κ2) is 7.39. The largest absolute Gasteiger partial charge is 0.312 e. The minimum atomic E-state index is 0.423. The zero-order chi connectivity index (χ0) is 10.9. The first-order valence-corrected chi connectivity index (χ1v) is 6.16. The van der Waals surface area contributed by atoms with Crippen molar-refractivity contribution in [3.8, 4) is 12.3 Å². The van der Waals surface area contributed by atoms with Crippen molar-refractivity contribution in [1.82, 2.24) is 5.32 Å². The van der Waals surface area contributed by atoms with Gasteiger partial charge in [-0.3, -0.25) is 0 Å². The van der Waals surface area contributed by atoms with Crippen molar-refractivity contribution in [2.45, 2.75) is 24.3 Å². The first-order chi connectivity index (χ1) is 7.33. The fourth-order valence-electron chi connectivity index (χ4n) is 1.24. The van der Waals surface area contributed by atoms with Crippen molar-refractivity contribution in [1.29, 1.82) is 0 Å². The van der Waals surface area contributed by atoms with E-state index in [0.717, 1.165) is 18.7 Å². The lowest BCUT2D eigenvalue weighted by Crippen LogP contribution is -2.27. The minimum absolute atomic E-state index is 0.423. The lowest BCUT2D eigenvalue weighted by Gasteiger charge is -2.09. The summed E-state index contributed by atoms with van der Waals surface area (Å²) in [5.74, 6) is 3.74. The van der Waals surface area contributed by atoms with E-state index >= 15 is 0 Å². The van der Waals surface area contributed by atoms with Crippen LogP contribution in [0.5, 0.6) is 0 Å². The normalized spacial score (nSPS) is 12.0. The highest BCUT2D eigenvalue weighted by Crippen LogP contribution is 2.15. The van der Waals surface area contributed by atoms with Crippen LogP contribution in [0.15, 0.2) is 35.2 Å². The summed E-state index contributed by atoms with van der Waals surface area (Å²) >= 11 is 1.87. The Balaban J connectivity index is 2.10. The molecule has 0 amide bonds. The Morgan fingerprint density at radius 2 is 2.13 bits per heavy atom. The fraction of sp³-hybridized carbons (Fsp3) is 0.385. The van der Waals surface area contributed by atoms with Crippen LogP contribution in [-0.2, 0) is 0 Å². The molecule has 1 unspecified atom stereocenters. The molecule has 80 valence electrons. The van der Waals surface area contributed by atoms with E-state index in [1.807, 2.05) is 17.8 Å². The number of nitrogens with one attached hydrogen (secondary N) is 1. The van der Waals surface area contributed by atoms with E-state index in [0.29, 0.717) is 6.04 Å². The molecule has 1 atom stereocenters. The average Bonchev–Trinajstić information content (AvgIpc) is 2.26. The van der Waals surface area contributed by atoms with Gasteiger partial charge in [0, 0.05) is 29.7 Å². The smallest absolute Gasteiger partial charge is 0.0238 e. The van der Waals surface area contributed by atoms with Crippen LogP contribution in [0.1, 0.15) is 13.3 Å². The molecular weight excluding hydrogens is 202 g/mol. The molecule has 0 spiro atoms. The summed E-state index contributed by atoms with van der Waals surface area (Å²) in [4.78, 5) is 1.32. The summed E-state index contributed by atoms with van der Waals surface area (Å²) < 4.78 is 0. The number of terminal acetylenes is 1. The van der Waals surface area contributed by atoms with Crippen molar-refractivity contribution in [2.24, 2.45) is 0 Å². The lowest BCUT2D eigenvalue weighted by molar-refractivity contribution is 0.583. The Hall–Kier alpha value is -0.910. The lowest BCUT2D eigenvalue weighted by atomic mass is 10.2. The summed E-state index contributed by atoms with van der Waals surface area (Å²) in [6, 6.07) is 10.9. The van der Waals surface area contributed by atoms with Gasteiger partial charge in [-0.05, 0) is 19.1 Å². The third kappa shape index (κ3) is 5.51. The molecule has 1 N–H and O–H groups in total. The number of hydrogen-bond acceptors (Lipinski definition) is 2. The van der Waals surface area contributed by atoms with Crippen LogP contribution in [0.3, 0.4) is 0 Å². The predicted molar refractivity (Wildman–Crippen MR) is 68.1 cm³/mol. The Morgan fingerprint density at radius 1 is 1.40 bits per heavy atom. The molecule has 0 bridgehead atoms. The van der Waals surface area contributed by atoms with E-state index in [-0.39, 0.29) is 0 Å². The summed E-state index contributed by atoms with van der Waals surface area (Å²) in [6.07, 6.45) is 6.03. The molecule has 0 aliphatic rings. The van der Waals surface area contributed by atoms with E-state index < -0.39 is 0 Å². The van der Waals surface area contributed by atoms with Gasteiger partial charge in [0.1, 0.15) is 0 Å². The van der Waals surface area contributed by atoms with Gasteiger partial charge in [-0.25, -0.2) is 0 Å². The predicted octanol–water partition coefficient (Wildman–Crippen LogP) is 2.78. The SMILES string of the molecule is C#CCC(C)NCCSc1ccccc1. The zero-order valence-electron chi connectivity index (χ0n) is 9.07. The van der Waals surface area contributed by atoms with Crippen LogP contribution < -0.4 is 5.32 Å². The zero-order valence-corrected chi connectivity index (χ0v) is 9.89. The number of benzene rings is 1. The molecule has 0 fully saturated rings. The molecule has 0 aliphatic heterocycles. The summed E-state index contributed by atoms with van der Waals surface area (Å²) in [6.45, 7) is 3.12. The first-order valence-electron chi connectivity index (χ1n) is 5.17. The summed E-state index contributed by atoms with van der Waals surface area (Å²) in [7, 11) is 0. The Kier molecular flexibility index (Phi) is 5.99. The summed E-state index contributed by atoms with van der Waals surface area (Å²) in [5.41, 5.74) is 0. The van der Waals surface area contributed by atoms with Crippen LogP contribution >= 0.6 is 11.8 Å². The van der Waals surface area contributed by atoms with Gasteiger partial charge in [0.25, 0.3) is 0 Å². The van der Waals surface area contributed by atoms with Crippen LogP contribution in [0.2, 0.25) is 0 Å². The molecule has 0 aliphatic carbocycles. The molecule has 1 rings (SSSR count). The number of rotatable bonds is 6. The standard InChI is InChI=1S/C13H17NS/c1-3-7-12(2)14-10-11-15-13-8-5-4-6-9-13/h1,4-6,8-9,12,14H,7,10-11H2,2H3. The van der Waals surface area contributed by atoms with Crippen LogP contribution in [0, 0.1) is 12.3 Å². The minimum Gasteiger partial charge on any atom is -0.312 e. The molecule has 1 aromatic rings. The molecule has 0 heterocycles. The highest BCUT2D eigenvalue weighted by Gasteiger charge is 1.97. The van der Waals surface area contributed by atoms with Gasteiger partial charge < -0.3 is 5.32 Å². The van der Waals surface area contributed by atoms with E-state index in [2.05, 4.69) is 42.4 Å². The van der Waals surface area contributed by atoms with E-state index in [4.69, 9.17) is 6.42 Å². The molecule has 15 heavy (non-hydrogen) atoms. The maximum atomic E-state index is 5.23. The van der Waals surface area contributed by atoms with Crippen LogP contribution in [-0.4, -0.2) is 18.3 Å². The molecule has 2 heteroatoms. The van der Waals surface area contributed by atoms with Crippen molar-refractivity contribution < 1.29 is 0 Å². The molecule has 0 saturated carbocycles. The van der Waals surface area contributed by atoms with Gasteiger partial charge >= 0.3 is 0 Å². The molecule has 1 nitrogen and oxygen atoms in total. The second-order valence-corrected chi connectivity index (χ2v) is 4.59. The third-order valence-corrected chi connectivity index (χ3v) is 3.04. The Labute approximate surface area is 96.7 Å². The third-order valence-electron chi connectivity index (χ3n) is 2.03. The van der Waals surface area contributed by atoms with Gasteiger partial charge in [0.15, 0.2) is 0 Å². The first kappa shape index (κ1) is 12.2. The second-order valence-electron chi connectivity index (χ2n) is 3.42. The monoisotopic (exact) mass is 219 g/mol. The maximum absolute atomic E-state index is 5.23. The fourth-order valence-corrected chi connectivity index (χ4v) is 2.05. The van der Waals surface area contributed by atoms with Crippen LogP contribution in [0.4, 0.5) is 0 Å². The quantitative estimate of drug-likeness (QED) is 0.448. The number of thioether (sulfide) groups is 1. The van der Waals surface area contributed by atoms with Crippen LogP contribution in [0.25, 0.3) is 0 Å². The molecule has 0 aromatic heterocycles. The molecule has 0 saturated heterocycles.